The zero-order valence-electron chi connectivity index (χ0n) is 16.4. The number of aliphatic carboxylic acids is 1. The van der Waals surface area contributed by atoms with E-state index in [0.29, 0.717) is 26.2 Å². The average molecular weight is 489 g/mol. The molecule has 3 rings (SSSR count). The van der Waals surface area contributed by atoms with Gasteiger partial charge in [0.05, 0.1) is 18.5 Å². The second-order valence-corrected chi connectivity index (χ2v) is 11.1. The molecule has 2 aliphatic heterocycles. The minimum absolute atomic E-state index is 0.120. The van der Waals surface area contributed by atoms with Crippen LogP contribution in [-0.4, -0.2) is 81.5 Å². The second-order valence-electron chi connectivity index (χ2n) is 7.28. The van der Waals surface area contributed by atoms with Crippen molar-refractivity contribution in [2.24, 2.45) is 5.92 Å². The van der Waals surface area contributed by atoms with Gasteiger partial charge in [-0.2, -0.15) is 17.5 Å². The number of carboxylic acids is 1. The Hall–Kier alpha value is -1.81. The van der Waals surface area contributed by atoms with Crippen molar-refractivity contribution in [3.05, 3.63) is 24.5 Å². The van der Waals surface area contributed by atoms with Crippen LogP contribution >= 0.6 is 0 Å². The average Bonchev–Trinajstić information content (AvgIpc) is 2.65. The van der Waals surface area contributed by atoms with Gasteiger partial charge in [0.1, 0.15) is 4.90 Å². The number of alkyl halides is 3. The molecule has 1 aromatic heterocycles. The first kappa shape index (κ1) is 25.5. The number of carbonyl (C=O) groups is 1. The van der Waals surface area contributed by atoms with Gasteiger partial charge < -0.3 is 9.84 Å². The van der Waals surface area contributed by atoms with E-state index in [9.17, 15) is 30.0 Å². The standard InChI is InChI=1S/C14H21N3O5S2.C2HF3O2/c1-23(18,19)16-7-12-4-5-14(22-9-12)10-17(11-14)24(20,21)13-3-2-6-15-8-13;3-2(4,5)1(6)7/h2-3,6,8,12,16H,4-5,7,9-11H2,1H3;(H,6,7). The van der Waals surface area contributed by atoms with Crippen LogP contribution in [0.2, 0.25) is 0 Å². The van der Waals surface area contributed by atoms with E-state index in [-0.39, 0.29) is 10.8 Å². The highest BCUT2D eigenvalue weighted by Gasteiger charge is 2.51. The van der Waals surface area contributed by atoms with Gasteiger partial charge >= 0.3 is 12.1 Å². The maximum atomic E-state index is 12.5. The van der Waals surface area contributed by atoms with Crippen molar-refractivity contribution in [1.82, 2.24) is 14.0 Å². The smallest absolute Gasteiger partial charge is 0.475 e. The quantitative estimate of drug-likeness (QED) is 0.606. The molecule has 0 amide bonds. The molecule has 1 atom stereocenters. The Labute approximate surface area is 177 Å². The molecule has 1 spiro atoms. The molecule has 2 saturated heterocycles. The third-order valence-electron chi connectivity index (χ3n) is 4.71. The van der Waals surface area contributed by atoms with Gasteiger partial charge in [-0.3, -0.25) is 4.98 Å². The van der Waals surface area contributed by atoms with Gasteiger partial charge in [-0.1, -0.05) is 0 Å². The zero-order chi connectivity index (χ0) is 23.5. The molecule has 10 nitrogen and oxygen atoms in total. The fourth-order valence-electron chi connectivity index (χ4n) is 3.01. The number of carboxylic acid groups (broad SMARTS) is 1. The SMILES string of the molecule is CS(=O)(=O)NCC1CCC2(CN(S(=O)(=O)c3cccnc3)C2)OC1.O=C(O)C(F)(F)F. The first-order chi connectivity index (χ1) is 14.1. The van der Waals surface area contributed by atoms with Crippen molar-refractivity contribution in [2.45, 2.75) is 29.5 Å². The van der Waals surface area contributed by atoms with Gasteiger partial charge in [-0.25, -0.2) is 26.4 Å². The van der Waals surface area contributed by atoms with E-state index in [2.05, 4.69) is 9.71 Å². The summed E-state index contributed by atoms with van der Waals surface area (Å²) in [5, 5.41) is 7.12. The van der Waals surface area contributed by atoms with Gasteiger partial charge in [0.25, 0.3) is 0 Å². The molecule has 176 valence electrons. The fraction of sp³-hybridized carbons (Fsp3) is 0.625. The summed E-state index contributed by atoms with van der Waals surface area (Å²) >= 11 is 0. The van der Waals surface area contributed by atoms with Crippen LogP contribution in [0.25, 0.3) is 0 Å². The van der Waals surface area contributed by atoms with Crippen molar-refractivity contribution in [3.8, 4) is 0 Å². The number of aromatic nitrogens is 1. The van der Waals surface area contributed by atoms with Crippen LogP contribution in [0.3, 0.4) is 0 Å². The number of ether oxygens (including phenoxy) is 1. The lowest BCUT2D eigenvalue weighted by Gasteiger charge is -2.51. The molecule has 0 aliphatic carbocycles. The van der Waals surface area contributed by atoms with E-state index in [1.54, 1.807) is 6.07 Å². The summed E-state index contributed by atoms with van der Waals surface area (Å²) in [5.41, 5.74) is -0.434. The Morgan fingerprint density at radius 2 is 1.97 bits per heavy atom. The lowest BCUT2D eigenvalue weighted by atomic mass is 9.84. The first-order valence-corrected chi connectivity index (χ1v) is 12.3. The molecule has 3 heterocycles. The van der Waals surface area contributed by atoms with Crippen LogP contribution in [0.5, 0.6) is 0 Å². The molecule has 31 heavy (non-hydrogen) atoms. The van der Waals surface area contributed by atoms with E-state index < -0.39 is 37.8 Å². The van der Waals surface area contributed by atoms with Gasteiger partial charge in [-0.15, -0.1) is 0 Å². The van der Waals surface area contributed by atoms with Crippen molar-refractivity contribution < 1.29 is 44.6 Å². The summed E-state index contributed by atoms with van der Waals surface area (Å²) in [4.78, 5) is 12.9. The number of rotatable bonds is 5. The minimum Gasteiger partial charge on any atom is -0.475 e. The van der Waals surface area contributed by atoms with Crippen molar-refractivity contribution in [1.29, 1.82) is 0 Å². The second kappa shape index (κ2) is 9.36. The van der Waals surface area contributed by atoms with E-state index in [1.165, 1.54) is 22.8 Å². The van der Waals surface area contributed by atoms with Crippen LogP contribution in [-0.2, 0) is 29.6 Å². The lowest BCUT2D eigenvalue weighted by Crippen LogP contribution is -2.66. The summed E-state index contributed by atoms with van der Waals surface area (Å²) in [6.07, 6.45) is 0.456. The third-order valence-corrected chi connectivity index (χ3v) is 7.18. The molecule has 2 N–H and O–H groups in total. The molecule has 0 saturated carbocycles. The normalized spacial score (nSPS) is 21.6. The predicted molar refractivity (Wildman–Crippen MR) is 101 cm³/mol. The van der Waals surface area contributed by atoms with Gasteiger partial charge in [0, 0.05) is 32.0 Å². The van der Waals surface area contributed by atoms with Crippen LogP contribution < -0.4 is 4.72 Å². The molecular formula is C16H22F3N3O7S2. The van der Waals surface area contributed by atoms with E-state index in [0.717, 1.165) is 19.1 Å². The van der Waals surface area contributed by atoms with Crippen molar-refractivity contribution >= 4 is 26.0 Å². The van der Waals surface area contributed by atoms with Crippen molar-refractivity contribution in [3.63, 3.8) is 0 Å². The molecule has 0 bridgehead atoms. The Morgan fingerprint density at radius 3 is 2.39 bits per heavy atom. The summed E-state index contributed by atoms with van der Waals surface area (Å²) in [6, 6.07) is 3.13. The first-order valence-electron chi connectivity index (χ1n) is 8.94. The Bertz CT molecular complexity index is 969. The summed E-state index contributed by atoms with van der Waals surface area (Å²) in [7, 11) is -6.72. The fourth-order valence-corrected chi connectivity index (χ4v) is 5.10. The molecule has 0 aromatic carbocycles. The highest BCUT2D eigenvalue weighted by molar-refractivity contribution is 7.89. The molecule has 1 aromatic rings. The predicted octanol–water partition coefficient (Wildman–Crippen LogP) is 0.434. The van der Waals surface area contributed by atoms with Gasteiger partial charge in [0.2, 0.25) is 20.0 Å². The molecule has 1 unspecified atom stereocenters. The number of sulfonamides is 2. The molecule has 0 radical (unpaired) electrons. The highest BCUT2D eigenvalue weighted by atomic mass is 32.2. The number of halogens is 3. The van der Waals surface area contributed by atoms with Crippen LogP contribution in [0.1, 0.15) is 12.8 Å². The number of hydrogen-bond acceptors (Lipinski definition) is 7. The lowest BCUT2D eigenvalue weighted by molar-refractivity contribution is -0.192. The molecular weight excluding hydrogens is 467 g/mol. The molecule has 15 heteroatoms. The van der Waals surface area contributed by atoms with Gasteiger partial charge in [0.15, 0.2) is 0 Å². The Kier molecular flexibility index (Phi) is 7.68. The van der Waals surface area contributed by atoms with Crippen LogP contribution in [0.4, 0.5) is 13.2 Å². The summed E-state index contributed by atoms with van der Waals surface area (Å²) in [6.45, 7) is 1.45. The van der Waals surface area contributed by atoms with E-state index in [4.69, 9.17) is 14.6 Å². The van der Waals surface area contributed by atoms with Crippen molar-refractivity contribution in [2.75, 3.05) is 32.5 Å². The maximum Gasteiger partial charge on any atom is 0.490 e. The minimum atomic E-state index is -5.08. The largest absolute Gasteiger partial charge is 0.490 e. The van der Waals surface area contributed by atoms with Gasteiger partial charge in [-0.05, 0) is 30.9 Å². The zero-order valence-corrected chi connectivity index (χ0v) is 18.0. The number of nitrogens with one attached hydrogen (secondary N) is 1. The Balaban J connectivity index is 0.000000423. The Morgan fingerprint density at radius 1 is 1.35 bits per heavy atom. The number of pyridine rings is 1. The highest BCUT2D eigenvalue weighted by Crippen LogP contribution is 2.38. The maximum absolute atomic E-state index is 12.5. The molecule has 2 fully saturated rings. The molecule has 2 aliphatic rings. The number of hydrogen-bond donors (Lipinski definition) is 2. The van der Waals surface area contributed by atoms with E-state index in [1.807, 2.05) is 0 Å². The third kappa shape index (κ3) is 7.10. The summed E-state index contributed by atoms with van der Waals surface area (Å²) < 4.78 is 88.7. The monoisotopic (exact) mass is 489 g/mol. The summed E-state index contributed by atoms with van der Waals surface area (Å²) in [5.74, 6) is -2.64. The number of nitrogens with zero attached hydrogens (tertiary/aromatic N) is 2. The van der Waals surface area contributed by atoms with E-state index >= 15 is 0 Å². The topological polar surface area (TPSA) is 143 Å². The van der Waals surface area contributed by atoms with Crippen LogP contribution in [0.15, 0.2) is 29.4 Å². The van der Waals surface area contributed by atoms with Crippen LogP contribution in [0, 0.1) is 5.92 Å².